The first kappa shape index (κ1) is 27.6. The molecule has 0 aliphatic carbocycles. The van der Waals surface area contributed by atoms with Gasteiger partial charge in [0.15, 0.2) is 0 Å². The number of nitrogens with zero attached hydrogens (tertiary/aromatic N) is 10. The van der Waals surface area contributed by atoms with Gasteiger partial charge in [-0.25, -0.2) is 0 Å². The summed E-state index contributed by atoms with van der Waals surface area (Å²) >= 11 is 0. The van der Waals surface area contributed by atoms with E-state index in [0.717, 1.165) is 0 Å². The average Bonchev–Trinajstić information content (AvgIpc) is 2.95. The second-order valence-electron chi connectivity index (χ2n) is 6.36. The smallest absolute Gasteiger partial charge is 0.233 e. The van der Waals surface area contributed by atoms with Gasteiger partial charge >= 0.3 is 0 Å². The van der Waals surface area contributed by atoms with Crippen molar-refractivity contribution >= 4 is 31.8 Å². The number of carbonyl (C=O) groups is 2. The molecule has 2 rings (SSSR count). The Bertz CT molecular complexity index is 1680. The van der Waals surface area contributed by atoms with Crippen LogP contribution in [0.1, 0.15) is 76.4 Å². The van der Waals surface area contributed by atoms with Gasteiger partial charge in [0.2, 0.25) is 10.2 Å². The van der Waals surface area contributed by atoms with Gasteiger partial charge in [-0.05, 0) is 21.6 Å². The fraction of sp³-hybridized carbons (Fsp3) is 0. The van der Waals surface area contributed by atoms with E-state index in [9.17, 15) is 62.2 Å². The lowest BCUT2D eigenvalue weighted by Gasteiger charge is -2.11. The molecule has 0 spiro atoms. The zero-order valence-corrected chi connectivity index (χ0v) is 19.7. The third kappa shape index (κ3) is 4.28. The molecule has 0 saturated carbocycles. The van der Waals surface area contributed by atoms with E-state index in [0.29, 0.717) is 0 Å². The van der Waals surface area contributed by atoms with Crippen molar-refractivity contribution in [3.63, 3.8) is 0 Å². The summed E-state index contributed by atoms with van der Waals surface area (Å²) in [5, 5.41) is 92.2. The first-order valence-corrected chi connectivity index (χ1v) is 11.4. The molecule has 0 unspecified atom stereocenters. The van der Waals surface area contributed by atoms with Crippen molar-refractivity contribution in [3.05, 3.63) is 66.8 Å². The monoisotopic (exact) mass is 524 g/mol. The predicted molar refractivity (Wildman–Crippen MR) is 124 cm³/mol. The van der Waals surface area contributed by atoms with Crippen molar-refractivity contribution in [2.75, 3.05) is 0 Å². The SMILES string of the molecule is N#Cc1c(C#N)c(C#N)c(C(=O)SSC(=O)c2c(C#N)c(C#N)c(C#N)c(C#N)c2C#N)c(C#N)c1C#N. The second-order valence-corrected chi connectivity index (χ2v) is 8.43. The lowest BCUT2D eigenvalue weighted by molar-refractivity contribution is 0.107. The van der Waals surface area contributed by atoms with Crippen molar-refractivity contribution in [1.29, 1.82) is 52.6 Å². The first-order valence-electron chi connectivity index (χ1n) is 9.22. The Morgan fingerprint density at radius 2 is 0.500 bits per heavy atom. The van der Waals surface area contributed by atoms with Gasteiger partial charge < -0.3 is 0 Å². The van der Waals surface area contributed by atoms with Gasteiger partial charge in [0, 0.05) is 0 Å². The van der Waals surface area contributed by atoms with E-state index in [1.165, 1.54) is 0 Å². The van der Waals surface area contributed by atoms with Gasteiger partial charge in [-0.2, -0.15) is 52.6 Å². The molecule has 0 radical (unpaired) electrons. The second kappa shape index (κ2) is 11.7. The highest BCUT2D eigenvalue weighted by molar-refractivity contribution is 8.87. The summed E-state index contributed by atoms with van der Waals surface area (Å²) < 4.78 is 0. The van der Waals surface area contributed by atoms with Crippen molar-refractivity contribution < 1.29 is 9.59 Å². The quantitative estimate of drug-likeness (QED) is 0.511. The number of nitriles is 10. The number of hydrogen-bond donors (Lipinski definition) is 0. The molecule has 0 fully saturated rings. The first-order chi connectivity index (χ1) is 18.3. The summed E-state index contributed by atoms with van der Waals surface area (Å²) in [6.07, 6.45) is 0. The Morgan fingerprint density at radius 1 is 0.342 bits per heavy atom. The summed E-state index contributed by atoms with van der Waals surface area (Å²) in [5.41, 5.74) is -7.87. The van der Waals surface area contributed by atoms with E-state index in [2.05, 4.69) is 0 Å². The normalized spacial score (nSPS) is 8.68. The van der Waals surface area contributed by atoms with Crippen molar-refractivity contribution in [1.82, 2.24) is 0 Å². The number of rotatable bonds is 2. The molecule has 0 N–H and O–H groups in total. The molecule has 0 atom stereocenters. The largest absolute Gasteiger partial charge is 0.281 e. The van der Waals surface area contributed by atoms with Gasteiger partial charge in [0.1, 0.15) is 60.7 Å². The average molecular weight is 524 g/mol. The maximum atomic E-state index is 13.0. The van der Waals surface area contributed by atoms with Crippen LogP contribution in [0.25, 0.3) is 0 Å². The third-order valence-electron chi connectivity index (χ3n) is 4.72. The van der Waals surface area contributed by atoms with Gasteiger partial charge in [0.05, 0.1) is 66.8 Å². The molecule has 2 aromatic carbocycles. The minimum Gasteiger partial charge on any atom is -0.281 e. The summed E-state index contributed by atoms with van der Waals surface area (Å²) in [6.45, 7) is 0. The van der Waals surface area contributed by atoms with Crippen LogP contribution in [0.2, 0.25) is 0 Å². The molecule has 0 amide bonds. The fourth-order valence-electron chi connectivity index (χ4n) is 3.19. The van der Waals surface area contributed by atoms with E-state index >= 15 is 0 Å². The molecule has 0 heterocycles. The van der Waals surface area contributed by atoms with Crippen LogP contribution >= 0.6 is 21.6 Å². The Kier molecular flexibility index (Phi) is 8.49. The maximum absolute atomic E-state index is 13.0. The van der Waals surface area contributed by atoms with Crippen molar-refractivity contribution in [3.8, 4) is 60.7 Å². The lowest BCUT2D eigenvalue weighted by atomic mass is 9.89. The van der Waals surface area contributed by atoms with E-state index in [4.69, 9.17) is 0 Å². The fourth-order valence-corrected chi connectivity index (χ4v) is 4.87. The van der Waals surface area contributed by atoms with E-state index in [1.807, 2.05) is 0 Å². The topological polar surface area (TPSA) is 272 Å². The zero-order chi connectivity index (χ0) is 28.6. The van der Waals surface area contributed by atoms with E-state index in [1.54, 1.807) is 60.7 Å². The van der Waals surface area contributed by atoms with Gasteiger partial charge in [-0.15, -0.1) is 0 Å². The number of hydrogen-bond acceptors (Lipinski definition) is 14. The Labute approximate surface area is 221 Å². The molecular weight excluding hydrogens is 524 g/mol. The molecule has 0 aromatic heterocycles. The van der Waals surface area contributed by atoms with Crippen LogP contribution in [-0.2, 0) is 0 Å². The summed E-state index contributed by atoms with van der Waals surface area (Å²) in [7, 11) is 0.186. The zero-order valence-electron chi connectivity index (χ0n) is 18.1. The van der Waals surface area contributed by atoms with Crippen LogP contribution in [0.15, 0.2) is 0 Å². The third-order valence-corrected chi connectivity index (χ3v) is 6.67. The minimum atomic E-state index is -1.17. The van der Waals surface area contributed by atoms with Crippen LogP contribution < -0.4 is 0 Å². The van der Waals surface area contributed by atoms with Crippen LogP contribution in [0, 0.1) is 113 Å². The maximum Gasteiger partial charge on any atom is 0.233 e. The molecule has 12 nitrogen and oxygen atoms in total. The molecule has 170 valence electrons. The lowest BCUT2D eigenvalue weighted by Crippen LogP contribution is -2.11. The Balaban J connectivity index is 2.75. The molecule has 0 aliphatic heterocycles. The summed E-state index contributed by atoms with van der Waals surface area (Å²) in [6, 6.07) is 15.4. The predicted octanol–water partition coefficient (Wildman–Crippen LogP) is 2.77. The number of benzene rings is 2. The molecule has 38 heavy (non-hydrogen) atoms. The summed E-state index contributed by atoms with van der Waals surface area (Å²) in [4.78, 5) is 26.1. The van der Waals surface area contributed by atoms with Gasteiger partial charge in [-0.1, -0.05) is 0 Å². The van der Waals surface area contributed by atoms with Crippen LogP contribution in [0.5, 0.6) is 0 Å². The highest BCUT2D eigenvalue weighted by Crippen LogP contribution is 2.37. The minimum absolute atomic E-state index is 0.0932. The standard InChI is InChI=1S/C24N10O2S2/c25-1-11-13(3-27)17(7-31)21(18(8-32)14(11)4-28)23(35)37-38-24(36)22-19(9-33)15(5-29)12(2-26)16(6-30)20(22)10-34. The molecule has 0 saturated heterocycles. The molecule has 0 aliphatic rings. The van der Waals surface area contributed by atoms with E-state index < -0.39 is 77.0 Å². The van der Waals surface area contributed by atoms with Crippen LogP contribution in [0.4, 0.5) is 0 Å². The highest BCUT2D eigenvalue weighted by Gasteiger charge is 2.32. The van der Waals surface area contributed by atoms with Crippen LogP contribution in [0.3, 0.4) is 0 Å². The molecule has 0 bridgehead atoms. The highest BCUT2D eigenvalue weighted by atomic mass is 33.1. The Hall–Kier alpha value is -6.62. The molecular formula is C24N10O2S2. The number of carbonyl (C=O) groups excluding carboxylic acids is 2. The molecule has 2 aromatic rings. The Morgan fingerprint density at radius 3 is 0.658 bits per heavy atom. The van der Waals surface area contributed by atoms with Crippen LogP contribution in [-0.4, -0.2) is 10.2 Å². The molecule has 14 heteroatoms. The summed E-state index contributed by atoms with van der Waals surface area (Å²) in [5.74, 6) is 0. The van der Waals surface area contributed by atoms with E-state index in [-0.39, 0.29) is 21.6 Å². The van der Waals surface area contributed by atoms with Crippen molar-refractivity contribution in [2.24, 2.45) is 0 Å². The van der Waals surface area contributed by atoms with Gasteiger partial charge in [-0.3, -0.25) is 9.59 Å². The van der Waals surface area contributed by atoms with Crippen molar-refractivity contribution in [2.45, 2.75) is 0 Å². The van der Waals surface area contributed by atoms with Gasteiger partial charge in [0.25, 0.3) is 0 Å².